The minimum absolute atomic E-state index is 0.214. The number of halogens is 1. The summed E-state index contributed by atoms with van der Waals surface area (Å²) in [5.41, 5.74) is 7.70. The van der Waals surface area contributed by atoms with Crippen LogP contribution in [0, 0.1) is 12.7 Å². The maximum atomic E-state index is 13.7. The summed E-state index contributed by atoms with van der Waals surface area (Å²) in [5.74, 6) is -0.175. The number of aryl methyl sites for hydroxylation is 1. The average molecular weight is 260 g/mol. The fourth-order valence-electron chi connectivity index (χ4n) is 1.86. The molecule has 1 aromatic carbocycles. The molecule has 0 bridgehead atoms. The normalized spacial score (nSPS) is 13.9. The lowest BCUT2D eigenvalue weighted by atomic mass is 10.1. The van der Waals surface area contributed by atoms with Gasteiger partial charge in [0.15, 0.2) is 11.6 Å². The van der Waals surface area contributed by atoms with E-state index in [-0.39, 0.29) is 17.6 Å². The Kier molecular flexibility index (Phi) is 4.12. The number of hydrogen-bond donors (Lipinski definition) is 1. The molecular weight excluding hydrogens is 243 g/mol. The van der Waals surface area contributed by atoms with Crippen molar-refractivity contribution in [2.24, 2.45) is 5.73 Å². The lowest BCUT2D eigenvalue weighted by Gasteiger charge is -2.23. The highest BCUT2D eigenvalue weighted by atomic mass is 19.1. The van der Waals surface area contributed by atoms with E-state index in [1.54, 1.807) is 30.6 Å². The van der Waals surface area contributed by atoms with E-state index in [1.165, 1.54) is 6.07 Å². The van der Waals surface area contributed by atoms with E-state index in [0.29, 0.717) is 0 Å². The molecule has 0 saturated heterocycles. The third-order valence-electron chi connectivity index (χ3n) is 2.83. The van der Waals surface area contributed by atoms with Crippen LogP contribution in [0.1, 0.15) is 24.2 Å². The van der Waals surface area contributed by atoms with Gasteiger partial charge in [-0.05, 0) is 37.6 Å². The second-order valence-corrected chi connectivity index (χ2v) is 4.62. The van der Waals surface area contributed by atoms with E-state index in [0.717, 1.165) is 11.1 Å². The quantitative estimate of drug-likeness (QED) is 0.919. The van der Waals surface area contributed by atoms with Crippen LogP contribution in [0.3, 0.4) is 0 Å². The van der Waals surface area contributed by atoms with Gasteiger partial charge in [-0.1, -0.05) is 12.1 Å². The van der Waals surface area contributed by atoms with Crippen LogP contribution >= 0.6 is 0 Å². The van der Waals surface area contributed by atoms with Crippen molar-refractivity contribution in [3.63, 3.8) is 0 Å². The largest absolute Gasteiger partial charge is 0.481 e. The smallest absolute Gasteiger partial charge is 0.165 e. The van der Waals surface area contributed by atoms with Gasteiger partial charge < -0.3 is 10.5 Å². The molecule has 0 radical (unpaired) electrons. The summed E-state index contributed by atoms with van der Waals surface area (Å²) in [5, 5.41) is 0. The number of pyridine rings is 1. The van der Waals surface area contributed by atoms with E-state index >= 15 is 0 Å². The van der Waals surface area contributed by atoms with Crippen molar-refractivity contribution < 1.29 is 9.13 Å². The Hall–Kier alpha value is -1.94. The van der Waals surface area contributed by atoms with Gasteiger partial charge in [-0.3, -0.25) is 4.98 Å². The number of nitrogens with zero attached hydrogens (tertiary/aromatic N) is 1. The first kappa shape index (κ1) is 13.5. The molecule has 0 amide bonds. The van der Waals surface area contributed by atoms with Crippen molar-refractivity contribution in [2.75, 3.05) is 0 Å². The summed E-state index contributed by atoms with van der Waals surface area (Å²) in [4.78, 5) is 4.04. The molecule has 0 aliphatic rings. The second-order valence-electron chi connectivity index (χ2n) is 4.62. The van der Waals surface area contributed by atoms with Crippen LogP contribution in [0.25, 0.3) is 0 Å². The predicted molar refractivity (Wildman–Crippen MR) is 72.4 cm³/mol. The van der Waals surface area contributed by atoms with Crippen LogP contribution in [0.4, 0.5) is 4.39 Å². The van der Waals surface area contributed by atoms with Crippen molar-refractivity contribution in [3.8, 4) is 5.75 Å². The lowest BCUT2D eigenvalue weighted by molar-refractivity contribution is 0.172. The molecule has 2 rings (SSSR count). The monoisotopic (exact) mass is 260 g/mol. The molecule has 0 spiro atoms. The van der Waals surface area contributed by atoms with Crippen molar-refractivity contribution >= 4 is 0 Å². The minimum atomic E-state index is -0.426. The number of nitrogens with two attached hydrogens (primary N) is 1. The molecule has 1 aromatic heterocycles. The van der Waals surface area contributed by atoms with Gasteiger partial charge in [0.2, 0.25) is 0 Å². The fraction of sp³-hybridized carbons (Fsp3) is 0.267. The van der Waals surface area contributed by atoms with Gasteiger partial charge in [-0.2, -0.15) is 0 Å². The molecule has 0 aliphatic heterocycles. The van der Waals surface area contributed by atoms with Crippen LogP contribution in [0.15, 0.2) is 42.7 Å². The van der Waals surface area contributed by atoms with E-state index in [9.17, 15) is 4.39 Å². The van der Waals surface area contributed by atoms with Crippen LogP contribution in [-0.4, -0.2) is 11.0 Å². The van der Waals surface area contributed by atoms with Gasteiger partial charge in [0.25, 0.3) is 0 Å². The summed E-state index contributed by atoms with van der Waals surface area (Å²) >= 11 is 0. The molecule has 2 N–H and O–H groups in total. The zero-order valence-electron chi connectivity index (χ0n) is 11.0. The maximum absolute atomic E-state index is 13.7. The van der Waals surface area contributed by atoms with Crippen molar-refractivity contribution in [1.82, 2.24) is 4.98 Å². The highest BCUT2D eigenvalue weighted by molar-refractivity contribution is 5.30. The summed E-state index contributed by atoms with van der Waals surface area (Å²) in [6.45, 7) is 3.71. The molecule has 19 heavy (non-hydrogen) atoms. The third-order valence-corrected chi connectivity index (χ3v) is 2.83. The van der Waals surface area contributed by atoms with Crippen LogP contribution < -0.4 is 10.5 Å². The van der Waals surface area contributed by atoms with Crippen molar-refractivity contribution in [2.45, 2.75) is 26.0 Å². The van der Waals surface area contributed by atoms with Crippen LogP contribution in [-0.2, 0) is 0 Å². The predicted octanol–water partition coefficient (Wildman–Crippen LogP) is 3.00. The second kappa shape index (κ2) is 5.80. The Bertz CT molecular complexity index is 543. The Morgan fingerprint density at radius 2 is 2.11 bits per heavy atom. The average Bonchev–Trinajstić information content (AvgIpc) is 2.40. The highest BCUT2D eigenvalue weighted by Crippen LogP contribution is 2.26. The van der Waals surface area contributed by atoms with E-state index in [2.05, 4.69) is 4.98 Å². The molecule has 3 nitrogen and oxygen atoms in total. The standard InChI is InChI=1S/C15H17FN2O/c1-10-5-6-13(16)14(8-10)19-15(11(2)17)12-4-3-7-18-9-12/h3-9,11,15H,17H2,1-2H3. The number of aromatic nitrogens is 1. The summed E-state index contributed by atoms with van der Waals surface area (Å²) < 4.78 is 19.5. The van der Waals surface area contributed by atoms with Crippen LogP contribution in [0.5, 0.6) is 5.75 Å². The van der Waals surface area contributed by atoms with Gasteiger partial charge in [-0.25, -0.2) is 4.39 Å². The molecule has 0 fully saturated rings. The van der Waals surface area contributed by atoms with Gasteiger partial charge in [-0.15, -0.1) is 0 Å². The van der Waals surface area contributed by atoms with Crippen molar-refractivity contribution in [3.05, 3.63) is 59.7 Å². The molecule has 4 heteroatoms. The SMILES string of the molecule is Cc1ccc(F)c(OC(c2cccnc2)C(C)N)c1. The maximum Gasteiger partial charge on any atom is 0.165 e. The molecule has 0 aliphatic carbocycles. The molecule has 2 atom stereocenters. The summed E-state index contributed by atoms with van der Waals surface area (Å²) in [6.07, 6.45) is 2.93. The zero-order valence-corrected chi connectivity index (χ0v) is 11.0. The van der Waals surface area contributed by atoms with Gasteiger partial charge >= 0.3 is 0 Å². The van der Waals surface area contributed by atoms with Gasteiger partial charge in [0.1, 0.15) is 6.10 Å². The Labute approximate surface area is 112 Å². The Balaban J connectivity index is 2.29. The number of ether oxygens (including phenoxy) is 1. The molecule has 2 unspecified atom stereocenters. The van der Waals surface area contributed by atoms with Crippen molar-refractivity contribution in [1.29, 1.82) is 0 Å². The Morgan fingerprint density at radius 1 is 1.32 bits per heavy atom. The molecule has 0 saturated carbocycles. The molecule has 1 heterocycles. The van der Waals surface area contributed by atoms with E-state index < -0.39 is 6.10 Å². The highest BCUT2D eigenvalue weighted by Gasteiger charge is 2.20. The van der Waals surface area contributed by atoms with E-state index in [4.69, 9.17) is 10.5 Å². The number of benzene rings is 1. The third kappa shape index (κ3) is 3.29. The molecule has 100 valence electrons. The fourth-order valence-corrected chi connectivity index (χ4v) is 1.86. The number of hydrogen-bond acceptors (Lipinski definition) is 3. The number of rotatable bonds is 4. The van der Waals surface area contributed by atoms with Gasteiger partial charge in [0, 0.05) is 24.0 Å². The summed E-state index contributed by atoms with van der Waals surface area (Å²) in [6, 6.07) is 8.17. The minimum Gasteiger partial charge on any atom is -0.481 e. The zero-order chi connectivity index (χ0) is 13.8. The van der Waals surface area contributed by atoms with E-state index in [1.807, 2.05) is 19.9 Å². The summed E-state index contributed by atoms with van der Waals surface area (Å²) in [7, 11) is 0. The van der Waals surface area contributed by atoms with Gasteiger partial charge in [0.05, 0.1) is 0 Å². The first-order chi connectivity index (χ1) is 9.08. The first-order valence-corrected chi connectivity index (χ1v) is 6.16. The van der Waals surface area contributed by atoms with Crippen LogP contribution in [0.2, 0.25) is 0 Å². The topological polar surface area (TPSA) is 48.1 Å². The molecule has 2 aromatic rings. The molecular formula is C15H17FN2O. The first-order valence-electron chi connectivity index (χ1n) is 6.16. The Morgan fingerprint density at radius 3 is 2.74 bits per heavy atom. The lowest BCUT2D eigenvalue weighted by Crippen LogP contribution is -2.29.